The monoisotopic (exact) mass is 319 g/mol. The second-order valence-electron chi connectivity index (χ2n) is 5.69. The summed E-state index contributed by atoms with van der Waals surface area (Å²) < 4.78 is 10.9. The van der Waals surface area contributed by atoms with Crippen molar-refractivity contribution in [1.82, 2.24) is 5.32 Å². The molecule has 0 radical (unpaired) electrons. The second-order valence-corrected chi connectivity index (χ2v) is 5.69. The fourth-order valence-corrected chi connectivity index (χ4v) is 2.17. The molecule has 8 nitrogen and oxygen atoms in total. The Balaban J connectivity index is 2.76. The molecule has 1 saturated heterocycles. The number of nitrogens with one attached hydrogen (secondary N) is 1. The van der Waals surface area contributed by atoms with Gasteiger partial charge in [0.1, 0.15) is 30.1 Å². The van der Waals surface area contributed by atoms with Gasteiger partial charge in [0.25, 0.3) is 0 Å². The predicted molar refractivity (Wildman–Crippen MR) is 75.8 cm³/mol. The maximum atomic E-state index is 11.8. The molecule has 0 aliphatic carbocycles. The summed E-state index contributed by atoms with van der Waals surface area (Å²) >= 11 is 0. The van der Waals surface area contributed by atoms with E-state index in [9.17, 15) is 19.8 Å². The van der Waals surface area contributed by atoms with E-state index in [0.29, 0.717) is 0 Å². The molecule has 1 fully saturated rings. The summed E-state index contributed by atoms with van der Waals surface area (Å²) in [4.78, 5) is 22.7. The van der Waals surface area contributed by atoms with Crippen molar-refractivity contribution in [1.29, 1.82) is 0 Å². The first-order valence-corrected chi connectivity index (χ1v) is 7.33. The number of amides is 1. The number of Topliss-reactive ketones (excluding diaryl/α,β-unsaturated/α-hetero) is 1. The minimum Gasteiger partial charge on any atom is -0.394 e. The third-order valence-corrected chi connectivity index (χ3v) is 3.32. The lowest BCUT2D eigenvalue weighted by Crippen LogP contribution is -2.65. The average molecular weight is 319 g/mol. The zero-order chi connectivity index (χ0) is 16.9. The summed E-state index contributed by atoms with van der Waals surface area (Å²) in [5.41, 5.74) is 0. The van der Waals surface area contributed by atoms with E-state index in [4.69, 9.17) is 14.6 Å². The quantitative estimate of drug-likeness (QED) is 0.460. The van der Waals surface area contributed by atoms with Gasteiger partial charge in [0.2, 0.25) is 5.91 Å². The minimum absolute atomic E-state index is 0.0214. The fraction of sp³-hybridized carbons (Fsp3) is 0.857. The fourth-order valence-electron chi connectivity index (χ4n) is 2.17. The molecule has 0 spiro atoms. The summed E-state index contributed by atoms with van der Waals surface area (Å²) in [6.07, 6.45) is -4.88. The van der Waals surface area contributed by atoms with Crippen molar-refractivity contribution >= 4 is 11.7 Å². The number of hydrogen-bond donors (Lipinski definition) is 4. The molecule has 1 amide bonds. The van der Waals surface area contributed by atoms with E-state index in [1.807, 2.05) is 0 Å². The van der Waals surface area contributed by atoms with Crippen molar-refractivity contribution in [2.75, 3.05) is 6.61 Å². The summed E-state index contributed by atoms with van der Waals surface area (Å²) in [6, 6.07) is -0.986. The van der Waals surface area contributed by atoms with Crippen LogP contribution >= 0.6 is 0 Å². The maximum absolute atomic E-state index is 11.8. The molecule has 1 aliphatic heterocycles. The predicted octanol–water partition coefficient (Wildman–Crippen LogP) is -1.30. The van der Waals surface area contributed by atoms with Crippen molar-refractivity contribution in [3.05, 3.63) is 0 Å². The van der Waals surface area contributed by atoms with Crippen LogP contribution in [0.1, 0.15) is 33.6 Å². The summed E-state index contributed by atoms with van der Waals surface area (Å²) in [6.45, 7) is 4.40. The molecule has 0 aromatic carbocycles. The van der Waals surface area contributed by atoms with Gasteiger partial charge < -0.3 is 34.9 Å². The highest BCUT2D eigenvalue weighted by atomic mass is 16.7. The second kappa shape index (κ2) is 8.54. The third-order valence-electron chi connectivity index (χ3n) is 3.32. The van der Waals surface area contributed by atoms with Crippen LogP contribution in [0.3, 0.4) is 0 Å². The first kappa shape index (κ1) is 19.0. The average Bonchev–Trinajstić information content (AvgIpc) is 2.44. The van der Waals surface area contributed by atoms with Gasteiger partial charge in [-0.05, 0) is 20.8 Å². The van der Waals surface area contributed by atoms with Crippen LogP contribution in [0.2, 0.25) is 0 Å². The van der Waals surface area contributed by atoms with Crippen molar-refractivity contribution in [3.8, 4) is 0 Å². The Morgan fingerprint density at radius 3 is 2.36 bits per heavy atom. The molecule has 1 unspecified atom stereocenters. The summed E-state index contributed by atoms with van der Waals surface area (Å²) in [5.74, 6) is -0.569. The molecule has 1 heterocycles. The SMILES string of the molecule is CC(=O)CCC(=O)N[C@H]1C(OC(C)C)O[C@H](CO)[C@@H](O)[C@@H]1O. The number of ketones is 1. The Hall–Kier alpha value is -1.06. The van der Waals surface area contributed by atoms with Crippen LogP contribution in [0.5, 0.6) is 0 Å². The molecule has 0 saturated carbocycles. The Morgan fingerprint density at radius 1 is 1.23 bits per heavy atom. The number of aliphatic hydroxyl groups excluding tert-OH is 3. The van der Waals surface area contributed by atoms with E-state index >= 15 is 0 Å². The molecule has 1 aliphatic rings. The largest absolute Gasteiger partial charge is 0.394 e. The number of hydrogen-bond acceptors (Lipinski definition) is 7. The minimum atomic E-state index is -1.35. The Kier molecular flexibility index (Phi) is 7.37. The van der Waals surface area contributed by atoms with E-state index in [-0.39, 0.29) is 24.7 Å². The molecular formula is C14H25NO7. The van der Waals surface area contributed by atoms with Crippen LogP contribution in [-0.4, -0.2) is 70.4 Å². The highest BCUT2D eigenvalue weighted by Crippen LogP contribution is 2.23. The van der Waals surface area contributed by atoms with Crippen molar-refractivity contribution in [2.45, 2.75) is 70.4 Å². The molecule has 4 N–H and O–H groups in total. The van der Waals surface area contributed by atoms with Crippen molar-refractivity contribution in [2.24, 2.45) is 0 Å². The lowest BCUT2D eigenvalue weighted by Gasteiger charge is -2.42. The molecule has 5 atom stereocenters. The molecule has 22 heavy (non-hydrogen) atoms. The zero-order valence-electron chi connectivity index (χ0n) is 13.1. The summed E-state index contributed by atoms with van der Waals surface area (Å²) in [5, 5.41) is 31.7. The Labute approximate surface area is 129 Å². The van der Waals surface area contributed by atoms with Gasteiger partial charge in [0, 0.05) is 12.8 Å². The van der Waals surface area contributed by atoms with Crippen LogP contribution in [0, 0.1) is 0 Å². The van der Waals surface area contributed by atoms with Gasteiger partial charge >= 0.3 is 0 Å². The van der Waals surface area contributed by atoms with Crippen LogP contribution < -0.4 is 5.32 Å². The van der Waals surface area contributed by atoms with E-state index in [2.05, 4.69) is 5.32 Å². The van der Waals surface area contributed by atoms with E-state index in [1.54, 1.807) is 13.8 Å². The maximum Gasteiger partial charge on any atom is 0.220 e. The van der Waals surface area contributed by atoms with Gasteiger partial charge in [-0.15, -0.1) is 0 Å². The van der Waals surface area contributed by atoms with Crippen LogP contribution in [0.15, 0.2) is 0 Å². The highest BCUT2D eigenvalue weighted by Gasteiger charge is 2.45. The standard InChI is InChI=1S/C14H25NO7/c1-7(2)21-14-11(15-10(18)5-4-8(3)17)13(20)12(19)9(6-16)22-14/h7,9,11-14,16,19-20H,4-6H2,1-3H3,(H,15,18)/t9-,11-,12-,13-,14?/m1/s1. The van der Waals surface area contributed by atoms with Gasteiger partial charge in [0.15, 0.2) is 6.29 Å². The molecule has 128 valence electrons. The van der Waals surface area contributed by atoms with E-state index in [1.165, 1.54) is 6.92 Å². The van der Waals surface area contributed by atoms with Gasteiger partial charge in [-0.3, -0.25) is 4.79 Å². The van der Waals surface area contributed by atoms with E-state index in [0.717, 1.165) is 0 Å². The van der Waals surface area contributed by atoms with Gasteiger partial charge in [-0.2, -0.15) is 0 Å². The van der Waals surface area contributed by atoms with Crippen molar-refractivity contribution in [3.63, 3.8) is 0 Å². The first-order valence-electron chi connectivity index (χ1n) is 7.33. The van der Waals surface area contributed by atoms with Gasteiger partial charge in [0.05, 0.1) is 12.7 Å². The number of carbonyl (C=O) groups is 2. The van der Waals surface area contributed by atoms with Gasteiger partial charge in [-0.1, -0.05) is 0 Å². The van der Waals surface area contributed by atoms with Gasteiger partial charge in [-0.25, -0.2) is 0 Å². The molecule has 0 aromatic heterocycles. The highest BCUT2D eigenvalue weighted by molar-refractivity contribution is 5.83. The van der Waals surface area contributed by atoms with Crippen LogP contribution in [-0.2, 0) is 19.1 Å². The number of rotatable bonds is 7. The number of carbonyl (C=O) groups excluding carboxylic acids is 2. The lowest BCUT2D eigenvalue weighted by molar-refractivity contribution is -0.278. The normalized spacial score (nSPS) is 32.0. The molecule has 0 bridgehead atoms. The Morgan fingerprint density at radius 2 is 1.86 bits per heavy atom. The van der Waals surface area contributed by atoms with E-state index < -0.39 is 43.2 Å². The van der Waals surface area contributed by atoms with Crippen LogP contribution in [0.25, 0.3) is 0 Å². The smallest absolute Gasteiger partial charge is 0.220 e. The number of ether oxygens (including phenoxy) is 2. The molecule has 0 aromatic rings. The molecule has 1 rings (SSSR count). The Bertz CT molecular complexity index is 387. The van der Waals surface area contributed by atoms with Crippen LogP contribution in [0.4, 0.5) is 0 Å². The zero-order valence-corrected chi connectivity index (χ0v) is 13.1. The first-order chi connectivity index (χ1) is 10.3. The number of aliphatic hydroxyl groups is 3. The van der Waals surface area contributed by atoms with Crippen molar-refractivity contribution < 1.29 is 34.4 Å². The third kappa shape index (κ3) is 5.29. The molecule has 8 heteroatoms. The lowest BCUT2D eigenvalue weighted by atomic mass is 9.96. The summed E-state index contributed by atoms with van der Waals surface area (Å²) in [7, 11) is 0. The topological polar surface area (TPSA) is 125 Å². The molecular weight excluding hydrogens is 294 g/mol.